The SMILES string of the molecule is Cn1c(CNC(=O)[C@@H]2CCCO[C@@H]2c2ccccc2)n[nH]c1=S. The monoisotopic (exact) mass is 332 g/mol. The van der Waals surface area contributed by atoms with Gasteiger partial charge in [0, 0.05) is 13.7 Å². The van der Waals surface area contributed by atoms with Crippen molar-refractivity contribution in [1.29, 1.82) is 0 Å². The second-order valence-electron chi connectivity index (χ2n) is 5.67. The second kappa shape index (κ2) is 7.06. The summed E-state index contributed by atoms with van der Waals surface area (Å²) in [5, 5.41) is 9.78. The number of nitrogens with zero attached hydrogens (tertiary/aromatic N) is 2. The Hall–Kier alpha value is -1.99. The molecule has 0 bridgehead atoms. The topological polar surface area (TPSA) is 71.9 Å². The van der Waals surface area contributed by atoms with Gasteiger partial charge in [-0.2, -0.15) is 5.10 Å². The van der Waals surface area contributed by atoms with Crippen LogP contribution in [0.3, 0.4) is 0 Å². The van der Waals surface area contributed by atoms with Crippen LogP contribution >= 0.6 is 12.2 Å². The fourth-order valence-corrected chi connectivity index (χ4v) is 3.01. The van der Waals surface area contributed by atoms with Crippen molar-refractivity contribution in [3.63, 3.8) is 0 Å². The number of nitrogens with one attached hydrogen (secondary N) is 2. The molecule has 1 aliphatic rings. The number of hydrogen-bond acceptors (Lipinski definition) is 4. The van der Waals surface area contributed by atoms with E-state index in [4.69, 9.17) is 17.0 Å². The van der Waals surface area contributed by atoms with Gasteiger partial charge in [0.15, 0.2) is 10.6 Å². The van der Waals surface area contributed by atoms with Gasteiger partial charge >= 0.3 is 0 Å². The van der Waals surface area contributed by atoms with Crippen LogP contribution in [-0.4, -0.2) is 27.3 Å². The van der Waals surface area contributed by atoms with E-state index in [0.717, 1.165) is 18.4 Å². The van der Waals surface area contributed by atoms with Gasteiger partial charge < -0.3 is 14.6 Å². The first kappa shape index (κ1) is 15.9. The second-order valence-corrected chi connectivity index (χ2v) is 6.06. The van der Waals surface area contributed by atoms with Crippen LogP contribution in [-0.2, 0) is 23.1 Å². The molecule has 6 nitrogen and oxygen atoms in total. The first-order valence-corrected chi connectivity index (χ1v) is 8.12. The Labute approximate surface area is 139 Å². The predicted octanol–water partition coefficient (Wildman–Crippen LogP) is 2.26. The number of rotatable bonds is 4. The van der Waals surface area contributed by atoms with E-state index in [2.05, 4.69) is 15.5 Å². The molecule has 2 heterocycles. The summed E-state index contributed by atoms with van der Waals surface area (Å²) in [5.74, 6) is 0.516. The first-order valence-electron chi connectivity index (χ1n) is 7.71. The predicted molar refractivity (Wildman–Crippen MR) is 88.1 cm³/mol. The number of ether oxygens (including phenoxy) is 1. The normalized spacial score (nSPS) is 21.1. The molecule has 0 saturated carbocycles. The number of hydrogen-bond donors (Lipinski definition) is 2. The van der Waals surface area contributed by atoms with Gasteiger partial charge in [-0.25, -0.2) is 0 Å². The highest BCUT2D eigenvalue weighted by atomic mass is 32.1. The van der Waals surface area contributed by atoms with Crippen molar-refractivity contribution in [2.75, 3.05) is 6.61 Å². The number of H-pyrrole nitrogens is 1. The van der Waals surface area contributed by atoms with Crippen molar-refractivity contribution in [1.82, 2.24) is 20.1 Å². The molecule has 2 aromatic rings. The van der Waals surface area contributed by atoms with Gasteiger partial charge in [0.25, 0.3) is 0 Å². The Morgan fingerprint density at radius 2 is 2.26 bits per heavy atom. The van der Waals surface area contributed by atoms with E-state index in [0.29, 0.717) is 23.7 Å². The average molecular weight is 332 g/mol. The Balaban J connectivity index is 1.69. The minimum absolute atomic E-state index is 0.00697. The average Bonchev–Trinajstić information content (AvgIpc) is 2.92. The van der Waals surface area contributed by atoms with Crippen molar-refractivity contribution < 1.29 is 9.53 Å². The summed E-state index contributed by atoms with van der Waals surface area (Å²) in [7, 11) is 1.82. The van der Waals surface area contributed by atoms with Crippen LogP contribution in [0.4, 0.5) is 0 Å². The highest BCUT2D eigenvalue weighted by molar-refractivity contribution is 7.71. The van der Waals surface area contributed by atoms with Crippen LogP contribution in [0.1, 0.15) is 30.3 Å². The Morgan fingerprint density at radius 3 is 2.96 bits per heavy atom. The van der Waals surface area contributed by atoms with Crippen molar-refractivity contribution in [3.8, 4) is 0 Å². The maximum atomic E-state index is 12.6. The lowest BCUT2D eigenvalue weighted by atomic mass is 9.89. The molecule has 7 heteroatoms. The van der Waals surface area contributed by atoms with Gasteiger partial charge in [0.2, 0.25) is 5.91 Å². The number of aromatic nitrogens is 3. The third-order valence-corrected chi connectivity index (χ3v) is 4.55. The van der Waals surface area contributed by atoms with E-state index in [1.54, 1.807) is 4.57 Å². The smallest absolute Gasteiger partial charge is 0.226 e. The zero-order valence-corrected chi connectivity index (χ0v) is 13.8. The Morgan fingerprint density at radius 1 is 1.48 bits per heavy atom. The molecule has 0 aliphatic carbocycles. The van der Waals surface area contributed by atoms with Crippen LogP contribution in [0, 0.1) is 10.7 Å². The van der Waals surface area contributed by atoms with E-state index < -0.39 is 0 Å². The highest BCUT2D eigenvalue weighted by Gasteiger charge is 2.32. The van der Waals surface area contributed by atoms with Crippen LogP contribution in [0.15, 0.2) is 30.3 Å². The molecule has 1 saturated heterocycles. The minimum Gasteiger partial charge on any atom is -0.373 e. The van der Waals surface area contributed by atoms with Gasteiger partial charge in [-0.05, 0) is 30.6 Å². The molecule has 1 aliphatic heterocycles. The van der Waals surface area contributed by atoms with Gasteiger partial charge in [0.05, 0.1) is 18.6 Å². The molecular weight excluding hydrogens is 312 g/mol. The minimum atomic E-state index is -0.188. The standard InChI is InChI=1S/C16H20N4O2S/c1-20-13(18-19-16(20)23)10-17-15(21)12-8-5-9-22-14(12)11-6-3-2-4-7-11/h2-4,6-7,12,14H,5,8-10H2,1H3,(H,17,21)(H,19,23)/t12-,14-/m1/s1. The largest absolute Gasteiger partial charge is 0.373 e. The summed E-state index contributed by atoms with van der Waals surface area (Å²) in [4.78, 5) is 12.6. The zero-order valence-electron chi connectivity index (χ0n) is 13.0. The Bertz CT molecular complexity index is 725. The molecule has 122 valence electrons. The van der Waals surface area contributed by atoms with Crippen molar-refractivity contribution in [2.45, 2.75) is 25.5 Å². The van der Waals surface area contributed by atoms with E-state index in [9.17, 15) is 4.79 Å². The fourth-order valence-electron chi connectivity index (χ4n) is 2.86. The summed E-state index contributed by atoms with van der Waals surface area (Å²) in [6.07, 6.45) is 1.53. The fraction of sp³-hybridized carbons (Fsp3) is 0.438. The molecular formula is C16H20N4O2S. The third-order valence-electron chi connectivity index (χ3n) is 4.18. The van der Waals surface area contributed by atoms with E-state index in [-0.39, 0.29) is 17.9 Å². The van der Waals surface area contributed by atoms with E-state index in [1.165, 1.54) is 0 Å². The molecule has 1 aromatic heterocycles. The number of amides is 1. The number of carbonyl (C=O) groups is 1. The van der Waals surface area contributed by atoms with Crippen LogP contribution in [0.2, 0.25) is 0 Å². The maximum Gasteiger partial charge on any atom is 0.226 e. The van der Waals surface area contributed by atoms with Gasteiger partial charge in [-0.15, -0.1) is 0 Å². The summed E-state index contributed by atoms with van der Waals surface area (Å²) >= 11 is 5.07. The molecule has 3 rings (SSSR count). The van der Waals surface area contributed by atoms with Gasteiger partial charge in [-0.3, -0.25) is 9.89 Å². The number of carbonyl (C=O) groups excluding carboxylic acids is 1. The van der Waals surface area contributed by atoms with Crippen LogP contribution < -0.4 is 5.32 Å². The van der Waals surface area contributed by atoms with Crippen molar-refractivity contribution in [2.24, 2.45) is 13.0 Å². The lowest BCUT2D eigenvalue weighted by molar-refractivity contribution is -0.135. The molecule has 0 radical (unpaired) electrons. The molecule has 23 heavy (non-hydrogen) atoms. The van der Waals surface area contributed by atoms with Gasteiger partial charge in [-0.1, -0.05) is 30.3 Å². The van der Waals surface area contributed by atoms with Crippen molar-refractivity contribution >= 4 is 18.1 Å². The summed E-state index contributed by atoms with van der Waals surface area (Å²) in [6.45, 7) is 1.04. The molecule has 1 amide bonds. The maximum absolute atomic E-state index is 12.6. The molecule has 0 spiro atoms. The molecule has 2 N–H and O–H groups in total. The lowest BCUT2D eigenvalue weighted by Gasteiger charge is -2.31. The van der Waals surface area contributed by atoms with Crippen molar-refractivity contribution in [3.05, 3.63) is 46.5 Å². The third kappa shape index (κ3) is 3.51. The molecule has 1 fully saturated rings. The lowest BCUT2D eigenvalue weighted by Crippen LogP contribution is -2.37. The number of aromatic amines is 1. The molecule has 1 aromatic carbocycles. The summed E-state index contributed by atoms with van der Waals surface area (Å²) in [5.41, 5.74) is 1.05. The van der Waals surface area contributed by atoms with E-state index >= 15 is 0 Å². The van der Waals surface area contributed by atoms with Crippen LogP contribution in [0.25, 0.3) is 0 Å². The first-order chi connectivity index (χ1) is 11.2. The molecule has 2 atom stereocenters. The zero-order chi connectivity index (χ0) is 16.2. The van der Waals surface area contributed by atoms with Gasteiger partial charge in [0.1, 0.15) is 0 Å². The summed E-state index contributed by atoms with van der Waals surface area (Å²) < 4.78 is 8.16. The van der Waals surface area contributed by atoms with Crippen LogP contribution in [0.5, 0.6) is 0 Å². The van der Waals surface area contributed by atoms with E-state index in [1.807, 2.05) is 37.4 Å². The number of benzene rings is 1. The highest BCUT2D eigenvalue weighted by Crippen LogP contribution is 2.33. The summed E-state index contributed by atoms with van der Waals surface area (Å²) in [6, 6.07) is 9.92. The molecule has 0 unspecified atom stereocenters. The Kier molecular flexibility index (Phi) is 4.88. The quantitative estimate of drug-likeness (QED) is 0.843.